The summed E-state index contributed by atoms with van der Waals surface area (Å²) in [6, 6.07) is 4.46. The van der Waals surface area contributed by atoms with Gasteiger partial charge in [0, 0.05) is 10.5 Å². The molecule has 1 amide bonds. The predicted octanol–water partition coefficient (Wildman–Crippen LogP) is 3.67. The average molecular weight is 300 g/mol. The van der Waals surface area contributed by atoms with Crippen LogP contribution in [0.2, 0.25) is 0 Å². The molecule has 0 fully saturated rings. The molecule has 0 aliphatic rings. The molecule has 0 aliphatic heterocycles. The molecule has 0 aliphatic carbocycles. The van der Waals surface area contributed by atoms with E-state index in [0.717, 1.165) is 6.42 Å². The van der Waals surface area contributed by atoms with Gasteiger partial charge in [0.2, 0.25) is 0 Å². The summed E-state index contributed by atoms with van der Waals surface area (Å²) in [7, 11) is 0. The SMILES string of the molecule is C=CCC(CC)NC(=O)c1c(F)cccc1Br. The molecule has 1 N–H and O–H groups in total. The second kappa shape index (κ2) is 6.55. The number of rotatable bonds is 5. The Kier molecular flexibility index (Phi) is 5.35. The first-order chi connectivity index (χ1) is 8.10. The summed E-state index contributed by atoms with van der Waals surface area (Å²) in [5.74, 6) is -0.922. The van der Waals surface area contributed by atoms with E-state index in [9.17, 15) is 9.18 Å². The first-order valence-corrected chi connectivity index (χ1v) is 6.25. The number of carbonyl (C=O) groups excluding carboxylic acids is 1. The summed E-state index contributed by atoms with van der Waals surface area (Å²) < 4.78 is 14.0. The maximum atomic E-state index is 13.5. The van der Waals surface area contributed by atoms with Crippen LogP contribution in [0, 0.1) is 5.82 Å². The normalized spacial score (nSPS) is 11.9. The quantitative estimate of drug-likeness (QED) is 0.826. The fraction of sp³-hybridized carbons (Fsp3) is 0.308. The van der Waals surface area contributed by atoms with E-state index in [2.05, 4.69) is 27.8 Å². The lowest BCUT2D eigenvalue weighted by Gasteiger charge is -2.15. The minimum atomic E-state index is -0.523. The highest BCUT2D eigenvalue weighted by molar-refractivity contribution is 9.10. The van der Waals surface area contributed by atoms with Crippen molar-refractivity contribution in [1.29, 1.82) is 0 Å². The summed E-state index contributed by atoms with van der Waals surface area (Å²) in [6.07, 6.45) is 3.20. The van der Waals surface area contributed by atoms with Gasteiger partial charge in [-0.1, -0.05) is 19.1 Å². The predicted molar refractivity (Wildman–Crippen MR) is 70.5 cm³/mol. The van der Waals surface area contributed by atoms with Gasteiger partial charge < -0.3 is 5.32 Å². The third kappa shape index (κ3) is 3.66. The highest BCUT2D eigenvalue weighted by Gasteiger charge is 2.17. The molecule has 1 atom stereocenters. The minimum absolute atomic E-state index is 0.00786. The van der Waals surface area contributed by atoms with E-state index in [-0.39, 0.29) is 11.6 Å². The Bertz CT molecular complexity index is 400. The summed E-state index contributed by atoms with van der Waals surface area (Å²) in [5.41, 5.74) is 0.0509. The Labute approximate surface area is 109 Å². The third-order valence-corrected chi connectivity index (χ3v) is 3.13. The van der Waals surface area contributed by atoms with Crippen LogP contribution in [0.5, 0.6) is 0 Å². The lowest BCUT2D eigenvalue weighted by molar-refractivity contribution is 0.0931. The molecule has 0 spiro atoms. The van der Waals surface area contributed by atoms with Crippen LogP contribution in [0.3, 0.4) is 0 Å². The molecule has 1 rings (SSSR count). The standard InChI is InChI=1S/C13H15BrFNO/c1-3-6-9(4-2)16-13(17)12-10(14)7-5-8-11(12)15/h3,5,7-9H,1,4,6H2,2H3,(H,16,17). The van der Waals surface area contributed by atoms with Crippen molar-refractivity contribution >= 4 is 21.8 Å². The smallest absolute Gasteiger partial charge is 0.255 e. The average Bonchev–Trinajstić information content (AvgIpc) is 2.28. The largest absolute Gasteiger partial charge is 0.349 e. The third-order valence-electron chi connectivity index (χ3n) is 2.47. The van der Waals surface area contributed by atoms with E-state index in [1.54, 1.807) is 18.2 Å². The number of hydrogen-bond donors (Lipinski definition) is 1. The van der Waals surface area contributed by atoms with Crippen molar-refractivity contribution in [3.8, 4) is 0 Å². The monoisotopic (exact) mass is 299 g/mol. The molecule has 0 bridgehead atoms. The van der Waals surface area contributed by atoms with Gasteiger partial charge in [0.25, 0.3) is 5.91 Å². The van der Waals surface area contributed by atoms with Crippen molar-refractivity contribution in [1.82, 2.24) is 5.32 Å². The van der Waals surface area contributed by atoms with Crippen LogP contribution in [0.15, 0.2) is 35.3 Å². The number of halogens is 2. The van der Waals surface area contributed by atoms with Crippen LogP contribution < -0.4 is 5.32 Å². The van der Waals surface area contributed by atoms with Crippen LogP contribution in [-0.4, -0.2) is 11.9 Å². The highest BCUT2D eigenvalue weighted by Crippen LogP contribution is 2.19. The van der Waals surface area contributed by atoms with Gasteiger partial charge in [-0.25, -0.2) is 4.39 Å². The fourth-order valence-corrected chi connectivity index (χ4v) is 2.02. The number of amides is 1. The van der Waals surface area contributed by atoms with Gasteiger partial charge in [-0.05, 0) is 40.9 Å². The van der Waals surface area contributed by atoms with Gasteiger partial charge in [0.05, 0.1) is 5.56 Å². The fourth-order valence-electron chi connectivity index (χ4n) is 1.50. The maximum absolute atomic E-state index is 13.5. The molecule has 1 aromatic carbocycles. The van der Waals surface area contributed by atoms with Crippen molar-refractivity contribution < 1.29 is 9.18 Å². The second-order valence-electron chi connectivity index (χ2n) is 3.70. The Hall–Kier alpha value is -1.16. The first-order valence-electron chi connectivity index (χ1n) is 5.45. The number of carbonyl (C=O) groups is 1. The molecule has 92 valence electrons. The molecule has 1 aromatic rings. The van der Waals surface area contributed by atoms with Crippen molar-refractivity contribution in [3.05, 3.63) is 46.7 Å². The lowest BCUT2D eigenvalue weighted by atomic mass is 10.1. The molecular formula is C13H15BrFNO. The van der Waals surface area contributed by atoms with Crippen LogP contribution in [0.4, 0.5) is 4.39 Å². The Morgan fingerprint density at radius 2 is 2.35 bits per heavy atom. The van der Waals surface area contributed by atoms with Crippen LogP contribution in [-0.2, 0) is 0 Å². The topological polar surface area (TPSA) is 29.1 Å². The zero-order chi connectivity index (χ0) is 12.8. The van der Waals surface area contributed by atoms with Crippen molar-refractivity contribution in [2.24, 2.45) is 0 Å². The summed E-state index contributed by atoms with van der Waals surface area (Å²) in [4.78, 5) is 11.9. The van der Waals surface area contributed by atoms with Crippen LogP contribution >= 0.6 is 15.9 Å². The van der Waals surface area contributed by atoms with Gasteiger partial charge in [-0.15, -0.1) is 6.58 Å². The van der Waals surface area contributed by atoms with Gasteiger partial charge in [-0.3, -0.25) is 4.79 Å². The van der Waals surface area contributed by atoms with E-state index >= 15 is 0 Å². The number of hydrogen-bond acceptors (Lipinski definition) is 1. The molecule has 0 aromatic heterocycles. The summed E-state index contributed by atoms with van der Waals surface area (Å²) >= 11 is 3.18. The highest BCUT2D eigenvalue weighted by atomic mass is 79.9. The minimum Gasteiger partial charge on any atom is -0.349 e. The Balaban J connectivity index is 2.86. The van der Waals surface area contributed by atoms with Crippen molar-refractivity contribution in [2.75, 3.05) is 0 Å². The molecule has 1 unspecified atom stereocenters. The molecule has 0 saturated carbocycles. The number of nitrogens with one attached hydrogen (secondary N) is 1. The molecule has 0 saturated heterocycles. The molecule has 0 radical (unpaired) electrons. The summed E-state index contributed by atoms with van der Waals surface area (Å²) in [5, 5.41) is 2.79. The first kappa shape index (κ1) is 13.9. The van der Waals surface area contributed by atoms with E-state index < -0.39 is 11.7 Å². The van der Waals surface area contributed by atoms with Crippen molar-refractivity contribution in [2.45, 2.75) is 25.8 Å². The van der Waals surface area contributed by atoms with E-state index in [4.69, 9.17) is 0 Å². The van der Waals surface area contributed by atoms with E-state index in [1.165, 1.54) is 6.07 Å². The van der Waals surface area contributed by atoms with Crippen molar-refractivity contribution in [3.63, 3.8) is 0 Å². The Morgan fingerprint density at radius 3 is 2.88 bits per heavy atom. The summed E-state index contributed by atoms with van der Waals surface area (Å²) in [6.45, 7) is 5.59. The van der Waals surface area contributed by atoms with Crippen LogP contribution in [0.25, 0.3) is 0 Å². The van der Waals surface area contributed by atoms with E-state index in [0.29, 0.717) is 10.9 Å². The second-order valence-corrected chi connectivity index (χ2v) is 4.55. The molecule has 17 heavy (non-hydrogen) atoms. The molecule has 4 heteroatoms. The molecule has 0 heterocycles. The van der Waals surface area contributed by atoms with Gasteiger partial charge in [0.15, 0.2) is 0 Å². The maximum Gasteiger partial charge on any atom is 0.255 e. The zero-order valence-corrected chi connectivity index (χ0v) is 11.3. The lowest BCUT2D eigenvalue weighted by Crippen LogP contribution is -2.34. The Morgan fingerprint density at radius 1 is 1.65 bits per heavy atom. The van der Waals surface area contributed by atoms with Gasteiger partial charge in [-0.2, -0.15) is 0 Å². The molecule has 2 nitrogen and oxygen atoms in total. The van der Waals surface area contributed by atoms with Gasteiger partial charge in [0.1, 0.15) is 5.82 Å². The van der Waals surface area contributed by atoms with Crippen LogP contribution in [0.1, 0.15) is 30.1 Å². The zero-order valence-electron chi connectivity index (χ0n) is 9.67. The molecular weight excluding hydrogens is 285 g/mol. The van der Waals surface area contributed by atoms with Gasteiger partial charge >= 0.3 is 0 Å². The van der Waals surface area contributed by atoms with E-state index in [1.807, 2.05) is 6.92 Å². The number of benzene rings is 1.